The van der Waals surface area contributed by atoms with Crippen molar-refractivity contribution in [2.45, 2.75) is 0 Å². The molecule has 3 aromatic rings. The van der Waals surface area contributed by atoms with Gasteiger partial charge < -0.3 is 9.47 Å². The molecule has 1 N–H and O–H groups in total. The molecule has 0 aliphatic heterocycles. The molecule has 0 atom stereocenters. The monoisotopic (exact) mass is 374 g/mol. The van der Waals surface area contributed by atoms with Gasteiger partial charge in [-0.2, -0.15) is 0 Å². The van der Waals surface area contributed by atoms with E-state index in [9.17, 15) is 4.79 Å². The highest BCUT2D eigenvalue weighted by Gasteiger charge is 2.10. The summed E-state index contributed by atoms with van der Waals surface area (Å²) in [5.41, 5.74) is 1.55. The van der Waals surface area contributed by atoms with Gasteiger partial charge >= 0.3 is 0 Å². The van der Waals surface area contributed by atoms with Crippen molar-refractivity contribution in [2.24, 2.45) is 0 Å². The largest absolute Gasteiger partial charge is 0.497 e. The molecule has 0 radical (unpaired) electrons. The molecule has 2 aromatic carbocycles. The number of hydrogen-bond acceptors (Lipinski definition) is 5. The first-order valence-electron chi connectivity index (χ1n) is 7.43. The van der Waals surface area contributed by atoms with Gasteiger partial charge in [0, 0.05) is 16.0 Å². The van der Waals surface area contributed by atoms with Crippen LogP contribution >= 0.6 is 22.9 Å². The number of ether oxygens (including phenoxy) is 2. The number of halogens is 1. The number of anilines is 1. The lowest BCUT2D eigenvalue weighted by Gasteiger charge is -2.06. The second kappa shape index (κ2) is 8.00. The lowest BCUT2D eigenvalue weighted by Crippen LogP contribution is -2.20. The van der Waals surface area contributed by atoms with Crippen LogP contribution in [-0.2, 0) is 4.79 Å². The summed E-state index contributed by atoms with van der Waals surface area (Å²) in [5.74, 6) is 1.04. The number of aromatic nitrogens is 1. The average molecular weight is 375 g/mol. The number of hydrogen-bond donors (Lipinski definition) is 1. The van der Waals surface area contributed by atoms with Crippen LogP contribution in [0.15, 0.2) is 53.9 Å². The Hall–Kier alpha value is -2.57. The van der Waals surface area contributed by atoms with Crippen LogP contribution in [0.25, 0.3) is 11.3 Å². The highest BCUT2D eigenvalue weighted by Crippen LogP contribution is 2.30. The molecule has 0 saturated carbocycles. The molecule has 0 bridgehead atoms. The van der Waals surface area contributed by atoms with Crippen molar-refractivity contribution >= 4 is 34.0 Å². The van der Waals surface area contributed by atoms with E-state index in [1.165, 1.54) is 11.3 Å². The Morgan fingerprint density at radius 3 is 2.60 bits per heavy atom. The van der Waals surface area contributed by atoms with Gasteiger partial charge in [-0.05, 0) is 30.3 Å². The van der Waals surface area contributed by atoms with Crippen molar-refractivity contribution in [1.82, 2.24) is 4.98 Å². The maximum atomic E-state index is 12.0. The lowest BCUT2D eigenvalue weighted by atomic mass is 10.2. The fourth-order valence-corrected chi connectivity index (χ4v) is 3.06. The highest BCUT2D eigenvalue weighted by atomic mass is 35.5. The van der Waals surface area contributed by atoms with Gasteiger partial charge in [0.15, 0.2) is 11.7 Å². The highest BCUT2D eigenvalue weighted by molar-refractivity contribution is 7.14. The maximum absolute atomic E-state index is 12.0. The number of nitrogens with zero attached hydrogens (tertiary/aromatic N) is 1. The molecule has 1 heterocycles. The minimum atomic E-state index is -0.282. The molecule has 128 valence electrons. The summed E-state index contributed by atoms with van der Waals surface area (Å²) in [6, 6.07) is 14.5. The van der Waals surface area contributed by atoms with Crippen molar-refractivity contribution in [1.29, 1.82) is 0 Å². The second-order valence-electron chi connectivity index (χ2n) is 5.03. The Morgan fingerprint density at radius 2 is 1.88 bits per heavy atom. The van der Waals surface area contributed by atoms with Crippen molar-refractivity contribution in [2.75, 3.05) is 19.0 Å². The second-order valence-corrected chi connectivity index (χ2v) is 6.30. The number of methoxy groups -OCH3 is 1. The van der Waals surface area contributed by atoms with E-state index in [1.54, 1.807) is 37.4 Å². The summed E-state index contributed by atoms with van der Waals surface area (Å²) in [7, 11) is 1.59. The van der Waals surface area contributed by atoms with Gasteiger partial charge in [0.2, 0.25) is 0 Å². The molecule has 0 spiro atoms. The molecule has 1 aromatic heterocycles. The van der Waals surface area contributed by atoms with E-state index in [1.807, 2.05) is 23.6 Å². The predicted octanol–water partition coefficient (Wildman–Crippen LogP) is 4.49. The van der Waals surface area contributed by atoms with E-state index in [0.717, 1.165) is 17.0 Å². The quantitative estimate of drug-likeness (QED) is 0.690. The number of amides is 1. The fraction of sp³-hybridized carbons (Fsp3) is 0.111. The third kappa shape index (κ3) is 4.49. The van der Waals surface area contributed by atoms with Crippen LogP contribution in [0.5, 0.6) is 11.5 Å². The number of carbonyl (C=O) groups is 1. The molecule has 0 saturated heterocycles. The number of thiazole rings is 1. The van der Waals surface area contributed by atoms with Crippen LogP contribution in [0, 0.1) is 0 Å². The topological polar surface area (TPSA) is 60.5 Å². The molecule has 0 aliphatic carbocycles. The number of carbonyl (C=O) groups excluding carboxylic acids is 1. The summed E-state index contributed by atoms with van der Waals surface area (Å²) < 4.78 is 10.5. The van der Waals surface area contributed by atoms with Crippen LogP contribution < -0.4 is 14.8 Å². The fourth-order valence-electron chi connectivity index (χ4n) is 2.10. The normalized spacial score (nSPS) is 10.3. The van der Waals surface area contributed by atoms with Crippen LogP contribution in [0.1, 0.15) is 0 Å². The number of rotatable bonds is 6. The van der Waals surface area contributed by atoms with Crippen LogP contribution in [-0.4, -0.2) is 24.6 Å². The molecule has 5 nitrogen and oxygen atoms in total. The van der Waals surface area contributed by atoms with Gasteiger partial charge in [0.1, 0.15) is 11.5 Å². The minimum Gasteiger partial charge on any atom is -0.497 e. The minimum absolute atomic E-state index is 0.104. The van der Waals surface area contributed by atoms with E-state index in [2.05, 4.69) is 10.3 Å². The van der Waals surface area contributed by atoms with Gasteiger partial charge in [-0.25, -0.2) is 4.98 Å². The molecule has 1 amide bonds. The Kier molecular flexibility index (Phi) is 5.53. The third-order valence-electron chi connectivity index (χ3n) is 3.33. The Morgan fingerprint density at radius 1 is 1.16 bits per heavy atom. The summed E-state index contributed by atoms with van der Waals surface area (Å²) in [4.78, 5) is 16.4. The van der Waals surface area contributed by atoms with E-state index < -0.39 is 0 Å². The first-order chi connectivity index (χ1) is 12.2. The first kappa shape index (κ1) is 17.3. The van der Waals surface area contributed by atoms with Crippen LogP contribution in [0.4, 0.5) is 5.13 Å². The van der Waals surface area contributed by atoms with Gasteiger partial charge in [-0.15, -0.1) is 11.3 Å². The van der Waals surface area contributed by atoms with Gasteiger partial charge in [0.25, 0.3) is 5.91 Å². The van der Waals surface area contributed by atoms with E-state index in [0.29, 0.717) is 15.9 Å². The predicted molar refractivity (Wildman–Crippen MR) is 99.7 cm³/mol. The molecule has 0 aliphatic rings. The Balaban J connectivity index is 1.57. The van der Waals surface area contributed by atoms with Crippen LogP contribution in [0.2, 0.25) is 5.02 Å². The zero-order chi connectivity index (χ0) is 17.6. The standard InChI is InChI=1S/C18H15ClN2O3S/c1-23-12-6-8-13(9-7-12)24-10-17(22)21-18-20-16(11-25-18)14-4-2-3-5-15(14)19/h2-9,11H,10H2,1H3,(H,20,21,22). The first-order valence-corrected chi connectivity index (χ1v) is 8.68. The molecule has 7 heteroatoms. The van der Waals surface area contributed by atoms with E-state index in [4.69, 9.17) is 21.1 Å². The molecule has 0 unspecified atom stereocenters. The number of benzene rings is 2. The van der Waals surface area contributed by atoms with Gasteiger partial charge in [0.05, 0.1) is 12.8 Å². The van der Waals surface area contributed by atoms with Gasteiger partial charge in [-0.1, -0.05) is 29.8 Å². The van der Waals surface area contributed by atoms with Crippen molar-refractivity contribution in [3.8, 4) is 22.8 Å². The Bertz CT molecular complexity index is 865. The SMILES string of the molecule is COc1ccc(OCC(=O)Nc2nc(-c3ccccc3Cl)cs2)cc1. The van der Waals surface area contributed by atoms with E-state index >= 15 is 0 Å². The van der Waals surface area contributed by atoms with Crippen molar-refractivity contribution in [3.05, 3.63) is 58.9 Å². The maximum Gasteiger partial charge on any atom is 0.264 e. The van der Waals surface area contributed by atoms with Crippen molar-refractivity contribution < 1.29 is 14.3 Å². The molecular formula is C18H15ClN2O3S. The molecule has 0 fully saturated rings. The lowest BCUT2D eigenvalue weighted by molar-refractivity contribution is -0.118. The molecule has 3 rings (SSSR count). The zero-order valence-electron chi connectivity index (χ0n) is 13.4. The van der Waals surface area contributed by atoms with Gasteiger partial charge in [-0.3, -0.25) is 10.1 Å². The summed E-state index contributed by atoms with van der Waals surface area (Å²) >= 11 is 7.50. The van der Waals surface area contributed by atoms with Crippen LogP contribution in [0.3, 0.4) is 0 Å². The summed E-state index contributed by atoms with van der Waals surface area (Å²) in [6.07, 6.45) is 0. The van der Waals surface area contributed by atoms with Crippen molar-refractivity contribution in [3.63, 3.8) is 0 Å². The molecule has 25 heavy (non-hydrogen) atoms. The smallest absolute Gasteiger partial charge is 0.264 e. The average Bonchev–Trinajstić information content (AvgIpc) is 3.09. The zero-order valence-corrected chi connectivity index (χ0v) is 14.9. The summed E-state index contributed by atoms with van der Waals surface area (Å²) in [5, 5.41) is 5.69. The summed E-state index contributed by atoms with van der Waals surface area (Å²) in [6.45, 7) is -0.104. The third-order valence-corrected chi connectivity index (χ3v) is 4.42. The molecular weight excluding hydrogens is 360 g/mol. The number of nitrogens with one attached hydrogen (secondary N) is 1. The Labute approximate surface area is 154 Å². The van der Waals surface area contributed by atoms with E-state index in [-0.39, 0.29) is 12.5 Å².